The number of rotatable bonds is 10. The quantitative estimate of drug-likeness (QED) is 0.224. The molecule has 0 saturated heterocycles. The lowest BCUT2D eigenvalue weighted by Crippen LogP contribution is -2.32. The number of carboxylic acid groups (broad SMARTS) is 2. The molecule has 10 nitrogen and oxygen atoms in total. The van der Waals surface area contributed by atoms with E-state index in [1.165, 1.54) is 18.6 Å². The van der Waals surface area contributed by atoms with Gasteiger partial charge in [0.05, 0.1) is 18.9 Å². The van der Waals surface area contributed by atoms with Gasteiger partial charge in [-0.3, -0.25) is 4.79 Å². The first kappa shape index (κ1) is 28.1. The number of ether oxygens (including phenoxy) is 1. The fourth-order valence-corrected chi connectivity index (χ4v) is 2.81. The molecule has 1 amide bonds. The van der Waals surface area contributed by atoms with Crippen LogP contribution in [-0.4, -0.2) is 58.0 Å². The molecule has 0 saturated carbocycles. The summed E-state index contributed by atoms with van der Waals surface area (Å²) in [5, 5.41) is 41.6. The number of carboxylic acids is 2. The first-order valence-corrected chi connectivity index (χ1v) is 10.3. The maximum absolute atomic E-state index is 11.2. The number of anilines is 1. The number of aliphatic carboxylic acids is 2. The highest BCUT2D eigenvalue weighted by molar-refractivity contribution is 5.90. The molecule has 0 bridgehead atoms. The topological polar surface area (TPSA) is 165 Å². The zero-order valence-corrected chi connectivity index (χ0v) is 19.2. The van der Waals surface area contributed by atoms with Crippen LogP contribution in [0.1, 0.15) is 31.1 Å². The molecule has 0 fully saturated rings. The van der Waals surface area contributed by atoms with Crippen molar-refractivity contribution in [3.05, 3.63) is 65.7 Å². The van der Waals surface area contributed by atoms with E-state index in [0.717, 1.165) is 12.2 Å². The van der Waals surface area contributed by atoms with Crippen LogP contribution in [0.25, 0.3) is 0 Å². The summed E-state index contributed by atoms with van der Waals surface area (Å²) in [6, 6.07) is 12.8. The van der Waals surface area contributed by atoms with Crippen LogP contribution in [0, 0.1) is 0 Å². The number of aliphatic hydroxyl groups excluding tert-OH is 1. The Balaban J connectivity index is 0.000000620. The van der Waals surface area contributed by atoms with Crippen molar-refractivity contribution in [2.75, 3.05) is 19.0 Å². The van der Waals surface area contributed by atoms with Gasteiger partial charge in [-0.25, -0.2) is 9.59 Å². The van der Waals surface area contributed by atoms with E-state index in [1.807, 2.05) is 24.3 Å². The number of carbonyl (C=O) groups excluding carboxylic acids is 1. The Morgan fingerprint density at radius 1 is 1.03 bits per heavy atom. The Morgan fingerprint density at radius 2 is 1.62 bits per heavy atom. The number of hydrogen-bond donors (Lipinski definition) is 6. The number of methoxy groups -OCH3 is 1. The van der Waals surface area contributed by atoms with Gasteiger partial charge in [0.2, 0.25) is 5.91 Å². The molecule has 0 radical (unpaired) electrons. The largest absolute Gasteiger partial charge is 0.506 e. The van der Waals surface area contributed by atoms with Crippen LogP contribution in [0.3, 0.4) is 0 Å². The van der Waals surface area contributed by atoms with Crippen molar-refractivity contribution in [1.29, 1.82) is 0 Å². The molecule has 0 aliphatic carbocycles. The molecule has 2 atom stereocenters. The average molecular weight is 475 g/mol. The first-order valence-electron chi connectivity index (χ1n) is 10.3. The number of nitrogens with one attached hydrogen (secondary N) is 2. The van der Waals surface area contributed by atoms with Crippen LogP contribution in [0.2, 0.25) is 0 Å². The molecule has 10 heteroatoms. The zero-order chi connectivity index (χ0) is 25.7. The average Bonchev–Trinajstić information content (AvgIpc) is 2.78. The third-order valence-corrected chi connectivity index (χ3v) is 4.45. The van der Waals surface area contributed by atoms with Gasteiger partial charge in [-0.15, -0.1) is 0 Å². The number of aromatic hydroxyl groups is 1. The summed E-state index contributed by atoms with van der Waals surface area (Å²) in [6.45, 7) is 3.78. The van der Waals surface area contributed by atoms with Crippen LogP contribution in [0.5, 0.6) is 11.5 Å². The Hall–Kier alpha value is -3.89. The molecule has 34 heavy (non-hydrogen) atoms. The number of phenolic OH excluding ortho intramolecular Hbond substituents is 1. The van der Waals surface area contributed by atoms with Crippen LogP contribution in [0.4, 0.5) is 5.69 Å². The SMILES string of the molecule is COc1ccc(CC(C)NCC(O)c2ccc(O)c(NC(C)=O)c2)cc1.O=C(O)/C=C/C(=O)O. The second kappa shape index (κ2) is 14.3. The summed E-state index contributed by atoms with van der Waals surface area (Å²) >= 11 is 0. The zero-order valence-electron chi connectivity index (χ0n) is 19.2. The highest BCUT2D eigenvalue weighted by atomic mass is 16.5. The van der Waals surface area contributed by atoms with Crippen molar-refractivity contribution in [2.45, 2.75) is 32.4 Å². The van der Waals surface area contributed by atoms with Gasteiger partial charge in [-0.1, -0.05) is 18.2 Å². The van der Waals surface area contributed by atoms with Crippen molar-refractivity contribution in [3.63, 3.8) is 0 Å². The normalized spacial score (nSPS) is 12.2. The maximum Gasteiger partial charge on any atom is 0.328 e. The Kier molecular flexibility index (Phi) is 11.8. The van der Waals surface area contributed by atoms with E-state index in [0.29, 0.717) is 29.9 Å². The monoisotopic (exact) mass is 474 g/mol. The van der Waals surface area contributed by atoms with Gasteiger partial charge >= 0.3 is 11.9 Å². The Bertz CT molecular complexity index is 973. The third-order valence-electron chi connectivity index (χ3n) is 4.45. The van der Waals surface area contributed by atoms with Crippen molar-refractivity contribution in [3.8, 4) is 11.5 Å². The van der Waals surface area contributed by atoms with E-state index in [2.05, 4.69) is 17.6 Å². The molecule has 0 aliphatic rings. The van der Waals surface area contributed by atoms with Gasteiger partial charge < -0.3 is 35.8 Å². The van der Waals surface area contributed by atoms with Crippen LogP contribution < -0.4 is 15.4 Å². The molecule has 0 aromatic heterocycles. The van der Waals surface area contributed by atoms with Crippen molar-refractivity contribution in [1.82, 2.24) is 5.32 Å². The first-order chi connectivity index (χ1) is 16.0. The van der Waals surface area contributed by atoms with Gasteiger partial charge in [0.15, 0.2) is 0 Å². The maximum atomic E-state index is 11.2. The predicted octanol–water partition coefficient (Wildman–Crippen LogP) is 2.33. The van der Waals surface area contributed by atoms with E-state index in [9.17, 15) is 24.6 Å². The van der Waals surface area contributed by atoms with E-state index >= 15 is 0 Å². The van der Waals surface area contributed by atoms with Gasteiger partial charge in [-0.2, -0.15) is 0 Å². The highest BCUT2D eigenvalue weighted by Crippen LogP contribution is 2.27. The molecular formula is C24H30N2O8. The van der Waals surface area contributed by atoms with E-state index < -0.39 is 18.0 Å². The molecule has 0 aliphatic heterocycles. The van der Waals surface area contributed by atoms with Crippen LogP contribution in [-0.2, 0) is 20.8 Å². The van der Waals surface area contributed by atoms with Crippen LogP contribution >= 0.6 is 0 Å². The Morgan fingerprint density at radius 3 is 2.12 bits per heavy atom. The third kappa shape index (κ3) is 11.1. The number of amides is 1. The standard InChI is InChI=1S/C20H26N2O4.C4H4O4/c1-13(10-15-4-7-17(26-3)8-5-15)21-12-20(25)16-6-9-19(24)18(11-16)22-14(2)23;5-3(6)1-2-4(7)8/h4-9,11,13,20-21,24-25H,10,12H2,1-3H3,(H,22,23);1-2H,(H,5,6)(H,7,8)/b;2-1+. The minimum absolute atomic E-state index is 0.0306. The number of carbonyl (C=O) groups is 3. The molecule has 2 rings (SSSR count). The number of benzene rings is 2. The van der Waals surface area contributed by atoms with E-state index in [4.69, 9.17) is 14.9 Å². The summed E-state index contributed by atoms with van der Waals surface area (Å²) < 4.78 is 5.15. The minimum atomic E-state index is -1.26. The van der Waals surface area contributed by atoms with Crippen molar-refractivity contribution >= 4 is 23.5 Å². The lowest BCUT2D eigenvalue weighted by atomic mass is 10.1. The summed E-state index contributed by atoms with van der Waals surface area (Å²) in [7, 11) is 1.64. The molecule has 2 unspecified atom stereocenters. The molecular weight excluding hydrogens is 444 g/mol. The molecule has 0 spiro atoms. The summed E-state index contributed by atoms with van der Waals surface area (Å²) in [5.41, 5.74) is 2.09. The van der Waals surface area contributed by atoms with Crippen molar-refractivity contribution < 1.29 is 39.5 Å². The minimum Gasteiger partial charge on any atom is -0.506 e. The van der Waals surface area contributed by atoms with Crippen LogP contribution in [0.15, 0.2) is 54.6 Å². The molecule has 2 aromatic carbocycles. The second-order valence-electron chi connectivity index (χ2n) is 7.34. The van der Waals surface area contributed by atoms with Gasteiger partial charge in [-0.05, 0) is 48.7 Å². The fourth-order valence-electron chi connectivity index (χ4n) is 2.81. The molecule has 2 aromatic rings. The smallest absolute Gasteiger partial charge is 0.328 e. The summed E-state index contributed by atoms with van der Waals surface area (Å²) in [4.78, 5) is 30.3. The van der Waals surface area contributed by atoms with E-state index in [1.54, 1.807) is 19.2 Å². The number of aliphatic hydroxyl groups is 1. The molecule has 184 valence electrons. The number of hydrogen-bond acceptors (Lipinski definition) is 7. The van der Waals surface area contributed by atoms with E-state index in [-0.39, 0.29) is 17.7 Å². The van der Waals surface area contributed by atoms with Gasteiger partial charge in [0.25, 0.3) is 0 Å². The predicted molar refractivity (Wildman–Crippen MR) is 126 cm³/mol. The lowest BCUT2D eigenvalue weighted by Gasteiger charge is -2.18. The second-order valence-corrected chi connectivity index (χ2v) is 7.34. The fraction of sp³-hybridized carbons (Fsp3) is 0.292. The Labute approximate surface area is 197 Å². The summed E-state index contributed by atoms with van der Waals surface area (Å²) in [5.74, 6) is -2.00. The summed E-state index contributed by atoms with van der Waals surface area (Å²) in [6.07, 6.45) is 1.19. The van der Waals surface area contributed by atoms with Gasteiger partial charge in [0.1, 0.15) is 11.5 Å². The molecule has 6 N–H and O–H groups in total. The highest BCUT2D eigenvalue weighted by Gasteiger charge is 2.13. The van der Waals surface area contributed by atoms with Crippen molar-refractivity contribution in [2.24, 2.45) is 0 Å². The lowest BCUT2D eigenvalue weighted by molar-refractivity contribution is -0.134. The number of phenols is 1. The van der Waals surface area contributed by atoms with Gasteiger partial charge in [0, 0.05) is 31.7 Å². The molecule has 0 heterocycles.